The Morgan fingerprint density at radius 3 is 2.71 bits per heavy atom. The molecular weight excluding hydrogens is 358 g/mol. The molecule has 0 saturated heterocycles. The number of rotatable bonds is 4. The average molecular weight is 381 g/mol. The summed E-state index contributed by atoms with van der Waals surface area (Å²) in [6.07, 6.45) is 0.207. The normalized spacial score (nSPS) is 15.9. The SMILES string of the molecule is COC(=O)c1c(C)cccc1NCC(=O)N1c2ccccc2NC(=O)CC1C. The summed E-state index contributed by atoms with van der Waals surface area (Å²) in [5.41, 5.74) is 2.96. The first-order chi connectivity index (χ1) is 13.4. The molecule has 1 heterocycles. The molecule has 2 N–H and O–H groups in total. The van der Waals surface area contributed by atoms with Crippen molar-refractivity contribution in [3.63, 3.8) is 0 Å². The van der Waals surface area contributed by atoms with Gasteiger partial charge in [0.2, 0.25) is 11.8 Å². The summed E-state index contributed by atoms with van der Waals surface area (Å²) in [4.78, 5) is 38.8. The summed E-state index contributed by atoms with van der Waals surface area (Å²) in [7, 11) is 1.32. The van der Waals surface area contributed by atoms with E-state index in [0.717, 1.165) is 5.56 Å². The van der Waals surface area contributed by atoms with Gasteiger partial charge in [-0.25, -0.2) is 4.79 Å². The Balaban J connectivity index is 1.85. The fraction of sp³-hybridized carbons (Fsp3) is 0.286. The first kappa shape index (κ1) is 19.4. The number of para-hydroxylation sites is 2. The Morgan fingerprint density at radius 2 is 1.96 bits per heavy atom. The Kier molecular flexibility index (Phi) is 5.63. The highest BCUT2D eigenvalue weighted by molar-refractivity contribution is 6.06. The van der Waals surface area contributed by atoms with E-state index in [1.54, 1.807) is 23.1 Å². The van der Waals surface area contributed by atoms with Gasteiger partial charge in [0, 0.05) is 18.2 Å². The molecule has 0 saturated carbocycles. The van der Waals surface area contributed by atoms with Crippen molar-refractivity contribution in [2.24, 2.45) is 0 Å². The number of benzene rings is 2. The molecule has 7 nitrogen and oxygen atoms in total. The van der Waals surface area contributed by atoms with Crippen LogP contribution in [0.5, 0.6) is 0 Å². The lowest BCUT2D eigenvalue weighted by Crippen LogP contribution is -2.42. The lowest BCUT2D eigenvalue weighted by atomic mass is 10.1. The summed E-state index contributed by atoms with van der Waals surface area (Å²) in [6.45, 7) is 3.62. The number of fused-ring (bicyclic) bond motifs is 1. The van der Waals surface area contributed by atoms with Gasteiger partial charge in [-0.2, -0.15) is 0 Å². The third-order valence-corrected chi connectivity index (χ3v) is 4.72. The number of carbonyl (C=O) groups is 3. The van der Waals surface area contributed by atoms with E-state index in [1.165, 1.54) is 7.11 Å². The van der Waals surface area contributed by atoms with Crippen molar-refractivity contribution >= 4 is 34.8 Å². The number of anilines is 3. The molecule has 1 unspecified atom stereocenters. The van der Waals surface area contributed by atoms with Gasteiger partial charge in [-0.05, 0) is 37.6 Å². The fourth-order valence-corrected chi connectivity index (χ4v) is 3.41. The molecule has 7 heteroatoms. The molecule has 2 amide bonds. The van der Waals surface area contributed by atoms with Gasteiger partial charge in [0.05, 0.1) is 30.6 Å². The number of nitrogens with zero attached hydrogens (tertiary/aromatic N) is 1. The predicted octanol–water partition coefficient (Wildman–Crippen LogP) is 2.96. The lowest BCUT2D eigenvalue weighted by molar-refractivity contribution is -0.118. The maximum atomic E-state index is 13.0. The summed E-state index contributed by atoms with van der Waals surface area (Å²) >= 11 is 0. The maximum absolute atomic E-state index is 13.0. The summed E-state index contributed by atoms with van der Waals surface area (Å²) in [5, 5.41) is 5.89. The highest BCUT2D eigenvalue weighted by atomic mass is 16.5. The van der Waals surface area contributed by atoms with Gasteiger partial charge < -0.3 is 20.3 Å². The number of esters is 1. The van der Waals surface area contributed by atoms with Crippen molar-refractivity contribution in [3.8, 4) is 0 Å². The molecule has 28 heavy (non-hydrogen) atoms. The van der Waals surface area contributed by atoms with Gasteiger partial charge >= 0.3 is 5.97 Å². The molecule has 3 rings (SSSR count). The molecule has 1 aliphatic rings. The Labute approximate surface area is 163 Å². The van der Waals surface area contributed by atoms with Crippen LogP contribution >= 0.6 is 0 Å². The highest BCUT2D eigenvalue weighted by Gasteiger charge is 2.29. The van der Waals surface area contributed by atoms with Crippen LogP contribution in [0, 0.1) is 6.92 Å². The summed E-state index contributed by atoms with van der Waals surface area (Å²) in [5.74, 6) is -0.792. The minimum atomic E-state index is -0.462. The minimum Gasteiger partial charge on any atom is -0.465 e. The standard InChI is InChI=1S/C21H23N3O4/c1-13-7-6-9-16(20(13)21(27)28-3)22-12-19(26)24-14(2)11-18(25)23-15-8-4-5-10-17(15)24/h4-10,14,22H,11-12H2,1-3H3,(H,23,25). The van der Waals surface area contributed by atoms with E-state index in [4.69, 9.17) is 4.74 Å². The van der Waals surface area contributed by atoms with Gasteiger partial charge in [0.1, 0.15) is 0 Å². The first-order valence-corrected chi connectivity index (χ1v) is 9.05. The smallest absolute Gasteiger partial charge is 0.340 e. The number of aryl methyl sites for hydroxylation is 1. The van der Waals surface area contributed by atoms with E-state index in [2.05, 4.69) is 10.6 Å². The zero-order valence-corrected chi connectivity index (χ0v) is 16.1. The van der Waals surface area contributed by atoms with Gasteiger partial charge in [-0.1, -0.05) is 24.3 Å². The molecule has 0 aliphatic carbocycles. The number of carbonyl (C=O) groups excluding carboxylic acids is 3. The molecule has 1 atom stereocenters. The van der Waals surface area contributed by atoms with E-state index in [-0.39, 0.29) is 30.8 Å². The maximum Gasteiger partial charge on any atom is 0.340 e. The highest BCUT2D eigenvalue weighted by Crippen LogP contribution is 2.31. The van der Waals surface area contributed by atoms with Crippen LogP contribution in [0.3, 0.4) is 0 Å². The molecule has 0 radical (unpaired) electrons. The van der Waals surface area contributed by atoms with Crippen LogP contribution in [0.25, 0.3) is 0 Å². The van der Waals surface area contributed by atoms with E-state index in [1.807, 2.05) is 38.1 Å². The van der Waals surface area contributed by atoms with Crippen molar-refractivity contribution in [3.05, 3.63) is 53.6 Å². The second-order valence-corrected chi connectivity index (χ2v) is 6.72. The van der Waals surface area contributed by atoms with Crippen molar-refractivity contribution in [2.75, 3.05) is 29.2 Å². The topological polar surface area (TPSA) is 87.7 Å². The number of ether oxygens (including phenoxy) is 1. The lowest BCUT2D eigenvalue weighted by Gasteiger charge is -2.28. The van der Waals surface area contributed by atoms with Crippen molar-refractivity contribution in [2.45, 2.75) is 26.3 Å². The average Bonchev–Trinajstić information content (AvgIpc) is 2.79. The van der Waals surface area contributed by atoms with E-state index in [9.17, 15) is 14.4 Å². The van der Waals surface area contributed by atoms with E-state index >= 15 is 0 Å². The van der Waals surface area contributed by atoms with E-state index in [0.29, 0.717) is 22.6 Å². The van der Waals surface area contributed by atoms with Crippen LogP contribution in [0.15, 0.2) is 42.5 Å². The van der Waals surface area contributed by atoms with Gasteiger partial charge in [0.25, 0.3) is 0 Å². The largest absolute Gasteiger partial charge is 0.465 e. The van der Waals surface area contributed by atoms with Crippen LogP contribution in [-0.2, 0) is 14.3 Å². The molecule has 2 aromatic rings. The van der Waals surface area contributed by atoms with Crippen LogP contribution < -0.4 is 15.5 Å². The number of amides is 2. The number of hydrogen-bond donors (Lipinski definition) is 2. The molecule has 0 spiro atoms. The molecule has 1 aliphatic heterocycles. The quantitative estimate of drug-likeness (QED) is 0.795. The zero-order chi connectivity index (χ0) is 20.3. The first-order valence-electron chi connectivity index (χ1n) is 9.05. The fourth-order valence-electron chi connectivity index (χ4n) is 3.41. The van der Waals surface area contributed by atoms with Gasteiger partial charge in [-0.3, -0.25) is 9.59 Å². The second-order valence-electron chi connectivity index (χ2n) is 6.72. The van der Waals surface area contributed by atoms with Crippen LogP contribution in [-0.4, -0.2) is 37.5 Å². The van der Waals surface area contributed by atoms with Crippen molar-refractivity contribution in [1.29, 1.82) is 0 Å². The third-order valence-electron chi connectivity index (χ3n) is 4.72. The predicted molar refractivity (Wildman–Crippen MR) is 108 cm³/mol. The monoisotopic (exact) mass is 381 g/mol. The number of nitrogens with one attached hydrogen (secondary N) is 2. The summed E-state index contributed by atoms with van der Waals surface area (Å²) in [6, 6.07) is 12.3. The minimum absolute atomic E-state index is 0.0275. The Morgan fingerprint density at radius 1 is 1.21 bits per heavy atom. The van der Waals surface area contributed by atoms with Crippen molar-refractivity contribution < 1.29 is 19.1 Å². The van der Waals surface area contributed by atoms with Crippen LogP contribution in [0.4, 0.5) is 17.1 Å². The summed E-state index contributed by atoms with van der Waals surface area (Å²) < 4.78 is 4.85. The Bertz CT molecular complexity index is 926. The number of hydrogen-bond acceptors (Lipinski definition) is 5. The molecular formula is C21H23N3O4. The molecule has 2 aromatic carbocycles. The molecule has 146 valence electrons. The Hall–Kier alpha value is -3.35. The van der Waals surface area contributed by atoms with Gasteiger partial charge in [0.15, 0.2) is 0 Å². The van der Waals surface area contributed by atoms with Crippen LogP contribution in [0.2, 0.25) is 0 Å². The molecule has 0 fully saturated rings. The van der Waals surface area contributed by atoms with Crippen molar-refractivity contribution in [1.82, 2.24) is 0 Å². The second kappa shape index (κ2) is 8.12. The van der Waals surface area contributed by atoms with Crippen LogP contribution in [0.1, 0.15) is 29.3 Å². The van der Waals surface area contributed by atoms with E-state index < -0.39 is 5.97 Å². The molecule has 0 aromatic heterocycles. The number of methoxy groups -OCH3 is 1. The zero-order valence-electron chi connectivity index (χ0n) is 16.1. The van der Waals surface area contributed by atoms with Gasteiger partial charge in [-0.15, -0.1) is 0 Å². The molecule has 0 bridgehead atoms. The third kappa shape index (κ3) is 3.83.